The normalized spacial score (nSPS) is 13.5. The lowest BCUT2D eigenvalue weighted by atomic mass is 10.2. The number of nitrogens with one attached hydrogen (secondary N) is 1. The molecule has 18 heavy (non-hydrogen) atoms. The predicted octanol–water partition coefficient (Wildman–Crippen LogP) is 1.65. The molecule has 0 fully saturated rings. The molecule has 0 radical (unpaired) electrons. The van der Waals surface area contributed by atoms with Crippen molar-refractivity contribution in [3.8, 4) is 0 Å². The van der Waals surface area contributed by atoms with E-state index in [9.17, 15) is 8.42 Å². The lowest BCUT2D eigenvalue weighted by Crippen LogP contribution is -2.39. The third-order valence-corrected chi connectivity index (χ3v) is 4.42. The molecule has 5 heteroatoms. The smallest absolute Gasteiger partial charge is 0.240 e. The molecule has 1 aromatic carbocycles. The number of aryl methyl sites for hydroxylation is 1. The molecule has 0 spiro atoms. The van der Waals surface area contributed by atoms with Crippen LogP contribution in [0.5, 0.6) is 0 Å². The summed E-state index contributed by atoms with van der Waals surface area (Å²) in [5.41, 5.74) is 6.69. The maximum absolute atomic E-state index is 12.1. The van der Waals surface area contributed by atoms with E-state index in [4.69, 9.17) is 5.73 Å². The van der Waals surface area contributed by atoms with Crippen LogP contribution in [0.4, 0.5) is 0 Å². The van der Waals surface area contributed by atoms with E-state index in [1.54, 1.807) is 12.1 Å². The van der Waals surface area contributed by atoms with Crippen LogP contribution in [0.3, 0.4) is 0 Å². The third kappa shape index (κ3) is 4.08. The zero-order valence-electron chi connectivity index (χ0n) is 11.0. The van der Waals surface area contributed by atoms with Gasteiger partial charge in [-0.2, -0.15) is 0 Å². The standard InChI is InChI=1S/C13H22N2O2S/c1-3-5-12(10-14)15-18(16,17)13-8-6-11(4-2)7-9-13/h6-9,12,15H,3-5,10,14H2,1-2H3. The fourth-order valence-electron chi connectivity index (χ4n) is 1.77. The topological polar surface area (TPSA) is 72.2 Å². The van der Waals surface area contributed by atoms with Crippen molar-refractivity contribution in [3.63, 3.8) is 0 Å². The van der Waals surface area contributed by atoms with Crippen LogP contribution in [0, 0.1) is 0 Å². The van der Waals surface area contributed by atoms with Gasteiger partial charge in [-0.15, -0.1) is 0 Å². The molecule has 1 atom stereocenters. The van der Waals surface area contributed by atoms with Crippen molar-refractivity contribution < 1.29 is 8.42 Å². The number of hydrogen-bond donors (Lipinski definition) is 2. The van der Waals surface area contributed by atoms with Gasteiger partial charge < -0.3 is 5.73 Å². The van der Waals surface area contributed by atoms with Gasteiger partial charge in [0.1, 0.15) is 0 Å². The molecule has 1 unspecified atom stereocenters. The summed E-state index contributed by atoms with van der Waals surface area (Å²) in [5.74, 6) is 0. The van der Waals surface area contributed by atoms with Crippen LogP contribution in [-0.4, -0.2) is 21.0 Å². The van der Waals surface area contributed by atoms with Gasteiger partial charge in [0.25, 0.3) is 0 Å². The summed E-state index contributed by atoms with van der Waals surface area (Å²) in [6.45, 7) is 4.36. The molecule has 4 nitrogen and oxygen atoms in total. The molecule has 0 aliphatic rings. The number of benzene rings is 1. The molecule has 0 saturated carbocycles. The summed E-state index contributed by atoms with van der Waals surface area (Å²) < 4.78 is 26.9. The fraction of sp³-hybridized carbons (Fsp3) is 0.538. The van der Waals surface area contributed by atoms with E-state index in [1.165, 1.54) is 0 Å². The molecule has 0 saturated heterocycles. The summed E-state index contributed by atoms with van der Waals surface area (Å²) in [5, 5.41) is 0. The molecule has 0 amide bonds. The van der Waals surface area contributed by atoms with E-state index < -0.39 is 10.0 Å². The number of sulfonamides is 1. The Hall–Kier alpha value is -0.910. The lowest BCUT2D eigenvalue weighted by molar-refractivity contribution is 0.527. The summed E-state index contributed by atoms with van der Waals surface area (Å²) >= 11 is 0. The van der Waals surface area contributed by atoms with Gasteiger partial charge >= 0.3 is 0 Å². The van der Waals surface area contributed by atoms with Crippen LogP contribution in [-0.2, 0) is 16.4 Å². The Bertz CT molecular complexity index is 454. The van der Waals surface area contributed by atoms with E-state index in [0.29, 0.717) is 11.4 Å². The first kappa shape index (κ1) is 15.1. The molecular formula is C13H22N2O2S. The maximum atomic E-state index is 12.1. The van der Waals surface area contributed by atoms with Crippen molar-refractivity contribution in [1.29, 1.82) is 0 Å². The van der Waals surface area contributed by atoms with Crippen LogP contribution >= 0.6 is 0 Å². The maximum Gasteiger partial charge on any atom is 0.240 e. The minimum absolute atomic E-state index is 0.189. The van der Waals surface area contributed by atoms with Crippen molar-refractivity contribution in [2.24, 2.45) is 5.73 Å². The van der Waals surface area contributed by atoms with E-state index in [0.717, 1.165) is 24.8 Å². The first-order chi connectivity index (χ1) is 8.53. The van der Waals surface area contributed by atoms with Crippen molar-refractivity contribution in [2.45, 2.75) is 44.0 Å². The Morgan fingerprint density at radius 2 is 1.83 bits per heavy atom. The zero-order chi connectivity index (χ0) is 13.6. The van der Waals surface area contributed by atoms with Crippen LogP contribution in [0.15, 0.2) is 29.2 Å². The SMILES string of the molecule is CCCC(CN)NS(=O)(=O)c1ccc(CC)cc1. The van der Waals surface area contributed by atoms with Crippen molar-refractivity contribution in [3.05, 3.63) is 29.8 Å². The van der Waals surface area contributed by atoms with Crippen molar-refractivity contribution in [1.82, 2.24) is 4.72 Å². The molecule has 0 aliphatic heterocycles. The van der Waals surface area contributed by atoms with E-state index >= 15 is 0 Å². The zero-order valence-corrected chi connectivity index (χ0v) is 11.8. The van der Waals surface area contributed by atoms with Crippen LogP contribution < -0.4 is 10.5 Å². The summed E-state index contributed by atoms with van der Waals surface area (Å²) in [4.78, 5) is 0.300. The Morgan fingerprint density at radius 3 is 2.28 bits per heavy atom. The number of rotatable bonds is 7. The largest absolute Gasteiger partial charge is 0.329 e. The second-order valence-corrected chi connectivity index (χ2v) is 6.05. The Labute approximate surface area is 110 Å². The lowest BCUT2D eigenvalue weighted by Gasteiger charge is -2.16. The van der Waals surface area contributed by atoms with Gasteiger partial charge in [-0.25, -0.2) is 13.1 Å². The highest BCUT2D eigenvalue weighted by Gasteiger charge is 2.18. The monoisotopic (exact) mass is 270 g/mol. The molecule has 0 aliphatic carbocycles. The van der Waals surface area contributed by atoms with E-state index in [-0.39, 0.29) is 6.04 Å². The average molecular weight is 270 g/mol. The molecule has 1 aromatic rings. The molecule has 0 heterocycles. The van der Waals surface area contributed by atoms with E-state index in [2.05, 4.69) is 4.72 Å². The molecule has 0 aromatic heterocycles. The van der Waals surface area contributed by atoms with Crippen molar-refractivity contribution in [2.75, 3.05) is 6.54 Å². The van der Waals surface area contributed by atoms with E-state index in [1.807, 2.05) is 26.0 Å². The molecule has 0 bridgehead atoms. The first-order valence-electron chi connectivity index (χ1n) is 6.34. The van der Waals surface area contributed by atoms with Gasteiger partial charge in [0, 0.05) is 12.6 Å². The third-order valence-electron chi connectivity index (χ3n) is 2.89. The van der Waals surface area contributed by atoms with Gasteiger partial charge in [0.15, 0.2) is 0 Å². The van der Waals surface area contributed by atoms with Gasteiger partial charge in [-0.05, 0) is 30.5 Å². The summed E-state index contributed by atoms with van der Waals surface area (Å²) in [6, 6.07) is 6.77. The Kier molecular flexibility index (Phi) is 5.78. The first-order valence-corrected chi connectivity index (χ1v) is 7.83. The molecule has 3 N–H and O–H groups in total. The van der Waals surface area contributed by atoms with Gasteiger partial charge in [0.2, 0.25) is 10.0 Å². The Balaban J connectivity index is 2.84. The quantitative estimate of drug-likeness (QED) is 0.791. The number of hydrogen-bond acceptors (Lipinski definition) is 3. The molecule has 1 rings (SSSR count). The number of nitrogens with two attached hydrogens (primary N) is 1. The van der Waals surface area contributed by atoms with Crippen LogP contribution in [0.1, 0.15) is 32.3 Å². The summed E-state index contributed by atoms with van der Waals surface area (Å²) in [7, 11) is -3.45. The van der Waals surface area contributed by atoms with Crippen LogP contribution in [0.2, 0.25) is 0 Å². The predicted molar refractivity (Wildman–Crippen MR) is 73.9 cm³/mol. The second kappa shape index (κ2) is 6.87. The average Bonchev–Trinajstić information content (AvgIpc) is 2.38. The van der Waals surface area contributed by atoms with Gasteiger partial charge in [-0.1, -0.05) is 32.4 Å². The highest BCUT2D eigenvalue weighted by molar-refractivity contribution is 7.89. The van der Waals surface area contributed by atoms with Gasteiger partial charge in [0.05, 0.1) is 4.90 Å². The fourth-order valence-corrected chi connectivity index (χ4v) is 3.05. The van der Waals surface area contributed by atoms with Crippen molar-refractivity contribution >= 4 is 10.0 Å². The summed E-state index contributed by atoms with van der Waals surface area (Å²) in [6.07, 6.45) is 2.55. The van der Waals surface area contributed by atoms with Crippen LogP contribution in [0.25, 0.3) is 0 Å². The molecular weight excluding hydrogens is 248 g/mol. The molecule has 102 valence electrons. The minimum atomic E-state index is -3.45. The Morgan fingerprint density at radius 1 is 1.22 bits per heavy atom. The highest BCUT2D eigenvalue weighted by Crippen LogP contribution is 2.12. The van der Waals surface area contributed by atoms with Gasteiger partial charge in [-0.3, -0.25) is 0 Å². The highest BCUT2D eigenvalue weighted by atomic mass is 32.2. The minimum Gasteiger partial charge on any atom is -0.329 e. The second-order valence-electron chi connectivity index (χ2n) is 4.34.